The molecule has 0 amide bonds. The summed E-state index contributed by atoms with van der Waals surface area (Å²) in [5.41, 5.74) is 2.31. The van der Waals surface area contributed by atoms with Gasteiger partial charge in [0.15, 0.2) is 11.5 Å². The predicted molar refractivity (Wildman–Crippen MR) is 89.1 cm³/mol. The van der Waals surface area contributed by atoms with Crippen LogP contribution in [0.1, 0.15) is 23.7 Å². The van der Waals surface area contributed by atoms with Gasteiger partial charge in [-0.05, 0) is 12.5 Å². The topological polar surface area (TPSA) is 57.5 Å². The molecule has 24 heavy (non-hydrogen) atoms. The normalized spacial score (nSPS) is 22.7. The Morgan fingerprint density at radius 1 is 1.25 bits per heavy atom. The zero-order valence-electron chi connectivity index (χ0n) is 13.9. The summed E-state index contributed by atoms with van der Waals surface area (Å²) < 4.78 is 19.2. The first-order chi connectivity index (χ1) is 11.8. The molecule has 6 heteroatoms. The summed E-state index contributed by atoms with van der Waals surface area (Å²) in [6.07, 6.45) is 5.15. The Morgan fingerprint density at radius 2 is 2.17 bits per heavy atom. The van der Waals surface area contributed by atoms with Crippen molar-refractivity contribution in [3.8, 4) is 11.5 Å². The van der Waals surface area contributed by atoms with Crippen LogP contribution in [0.15, 0.2) is 30.6 Å². The van der Waals surface area contributed by atoms with Crippen molar-refractivity contribution < 1.29 is 14.2 Å². The summed E-state index contributed by atoms with van der Waals surface area (Å²) >= 11 is 0. The first-order valence-corrected chi connectivity index (χ1v) is 8.49. The van der Waals surface area contributed by atoms with Crippen LogP contribution < -0.4 is 14.8 Å². The van der Waals surface area contributed by atoms with E-state index in [0.717, 1.165) is 48.7 Å². The number of nitrogens with one attached hydrogen (secondary N) is 1. The molecule has 128 valence electrons. The Balaban J connectivity index is 1.37. The van der Waals surface area contributed by atoms with Gasteiger partial charge < -0.3 is 19.5 Å². The van der Waals surface area contributed by atoms with Crippen LogP contribution in [0, 0.1) is 5.92 Å². The minimum Gasteiger partial charge on any atom is -0.486 e. The SMILES string of the molecule is Cn1cc(C2OCCC2CNCc2cccc3c2OCCO3)cn1. The molecule has 0 bridgehead atoms. The number of para-hydroxylation sites is 1. The second-order valence-electron chi connectivity index (χ2n) is 6.36. The molecule has 2 atom stereocenters. The van der Waals surface area contributed by atoms with E-state index in [2.05, 4.69) is 16.5 Å². The zero-order chi connectivity index (χ0) is 16.4. The van der Waals surface area contributed by atoms with Crippen molar-refractivity contribution in [1.29, 1.82) is 0 Å². The van der Waals surface area contributed by atoms with E-state index in [4.69, 9.17) is 14.2 Å². The average molecular weight is 329 g/mol. The van der Waals surface area contributed by atoms with Crippen LogP contribution >= 0.6 is 0 Å². The summed E-state index contributed by atoms with van der Waals surface area (Å²) in [6, 6.07) is 6.06. The number of fused-ring (bicyclic) bond motifs is 1. The quantitative estimate of drug-likeness (QED) is 0.910. The van der Waals surface area contributed by atoms with Crippen LogP contribution in [0.4, 0.5) is 0 Å². The maximum atomic E-state index is 5.92. The first-order valence-electron chi connectivity index (χ1n) is 8.49. The monoisotopic (exact) mass is 329 g/mol. The number of hydrogen-bond donors (Lipinski definition) is 1. The van der Waals surface area contributed by atoms with Crippen LogP contribution in [-0.4, -0.2) is 36.1 Å². The molecule has 2 aliphatic heterocycles. The molecule has 1 aromatic heterocycles. The Labute approximate surface area is 141 Å². The summed E-state index contributed by atoms with van der Waals surface area (Å²) in [6.45, 7) is 3.72. The van der Waals surface area contributed by atoms with Crippen molar-refractivity contribution >= 4 is 0 Å². The van der Waals surface area contributed by atoms with Gasteiger partial charge >= 0.3 is 0 Å². The minimum absolute atomic E-state index is 0.135. The van der Waals surface area contributed by atoms with Gasteiger partial charge in [-0.1, -0.05) is 12.1 Å². The van der Waals surface area contributed by atoms with Crippen LogP contribution in [0.5, 0.6) is 11.5 Å². The lowest BCUT2D eigenvalue weighted by Crippen LogP contribution is -2.25. The zero-order valence-corrected chi connectivity index (χ0v) is 13.9. The summed E-state index contributed by atoms with van der Waals surface area (Å²) in [5, 5.41) is 7.82. The van der Waals surface area contributed by atoms with Gasteiger partial charge in [-0.25, -0.2) is 0 Å². The van der Waals surface area contributed by atoms with Gasteiger partial charge in [-0.3, -0.25) is 4.68 Å². The van der Waals surface area contributed by atoms with Crippen LogP contribution in [0.2, 0.25) is 0 Å². The van der Waals surface area contributed by atoms with Gasteiger partial charge in [0.1, 0.15) is 13.2 Å². The third kappa shape index (κ3) is 3.12. The highest BCUT2D eigenvalue weighted by molar-refractivity contribution is 5.47. The molecule has 1 fully saturated rings. The molecule has 0 aliphatic carbocycles. The second-order valence-corrected chi connectivity index (χ2v) is 6.36. The van der Waals surface area contributed by atoms with E-state index >= 15 is 0 Å². The van der Waals surface area contributed by atoms with Gasteiger partial charge in [0.25, 0.3) is 0 Å². The lowest BCUT2D eigenvalue weighted by atomic mass is 9.97. The molecule has 1 saturated heterocycles. The number of ether oxygens (including phenoxy) is 3. The van der Waals surface area contributed by atoms with Gasteiger partial charge in [-0.15, -0.1) is 0 Å². The fraction of sp³-hybridized carbons (Fsp3) is 0.500. The van der Waals surface area contributed by atoms with Crippen LogP contribution in [0.25, 0.3) is 0 Å². The highest BCUT2D eigenvalue weighted by Gasteiger charge is 2.30. The third-order valence-electron chi connectivity index (χ3n) is 4.64. The molecule has 4 rings (SSSR count). The molecular formula is C18H23N3O3. The highest BCUT2D eigenvalue weighted by Crippen LogP contribution is 2.35. The van der Waals surface area contributed by atoms with Crippen molar-refractivity contribution in [3.63, 3.8) is 0 Å². The fourth-order valence-electron chi connectivity index (χ4n) is 3.46. The summed E-state index contributed by atoms with van der Waals surface area (Å²) in [7, 11) is 1.94. The minimum atomic E-state index is 0.135. The van der Waals surface area contributed by atoms with Crippen molar-refractivity contribution in [3.05, 3.63) is 41.7 Å². The molecule has 0 spiro atoms. The predicted octanol–water partition coefficient (Wildman–Crippen LogP) is 2.06. The van der Waals surface area contributed by atoms with Crippen molar-refractivity contribution in [2.45, 2.75) is 19.1 Å². The van der Waals surface area contributed by atoms with Crippen molar-refractivity contribution in [2.75, 3.05) is 26.4 Å². The van der Waals surface area contributed by atoms with E-state index in [9.17, 15) is 0 Å². The van der Waals surface area contributed by atoms with Gasteiger partial charge in [0.2, 0.25) is 0 Å². The fourth-order valence-corrected chi connectivity index (χ4v) is 3.46. The van der Waals surface area contributed by atoms with Crippen molar-refractivity contribution in [2.24, 2.45) is 13.0 Å². The lowest BCUT2D eigenvalue weighted by Gasteiger charge is -2.22. The smallest absolute Gasteiger partial charge is 0.165 e. The van der Waals surface area contributed by atoms with Gasteiger partial charge in [0, 0.05) is 50.0 Å². The number of aromatic nitrogens is 2. The lowest BCUT2D eigenvalue weighted by molar-refractivity contribution is 0.0903. The Hall–Kier alpha value is -2.05. The van der Waals surface area contributed by atoms with E-state index < -0.39 is 0 Å². The largest absolute Gasteiger partial charge is 0.486 e. The molecule has 0 saturated carbocycles. The Morgan fingerprint density at radius 3 is 3.04 bits per heavy atom. The molecule has 6 nitrogen and oxygen atoms in total. The Kier molecular flexibility index (Phi) is 4.40. The number of rotatable bonds is 5. The molecular weight excluding hydrogens is 306 g/mol. The first kappa shape index (κ1) is 15.5. The van der Waals surface area contributed by atoms with Crippen molar-refractivity contribution in [1.82, 2.24) is 15.1 Å². The molecule has 2 aliphatic rings. The number of nitrogens with zero attached hydrogens (tertiary/aromatic N) is 2. The van der Waals surface area contributed by atoms with Gasteiger partial charge in [-0.2, -0.15) is 5.10 Å². The molecule has 2 aromatic rings. The van der Waals surface area contributed by atoms with E-state index in [1.54, 1.807) is 0 Å². The van der Waals surface area contributed by atoms with E-state index in [-0.39, 0.29) is 6.10 Å². The number of hydrogen-bond acceptors (Lipinski definition) is 5. The standard InChI is InChI=1S/C18H23N3O3/c1-21-12-15(11-20-21)17-14(5-6-23-17)10-19-9-13-3-2-4-16-18(13)24-8-7-22-16/h2-4,11-12,14,17,19H,5-10H2,1H3. The molecule has 0 radical (unpaired) electrons. The van der Waals surface area contributed by atoms with E-state index in [1.807, 2.05) is 36.3 Å². The van der Waals surface area contributed by atoms with E-state index in [0.29, 0.717) is 19.1 Å². The summed E-state index contributed by atoms with van der Waals surface area (Å²) in [4.78, 5) is 0. The average Bonchev–Trinajstić information content (AvgIpc) is 3.24. The molecule has 1 N–H and O–H groups in total. The molecule has 3 heterocycles. The second kappa shape index (κ2) is 6.83. The third-order valence-corrected chi connectivity index (χ3v) is 4.64. The van der Waals surface area contributed by atoms with E-state index in [1.165, 1.54) is 0 Å². The highest BCUT2D eigenvalue weighted by atomic mass is 16.6. The van der Waals surface area contributed by atoms with Crippen LogP contribution in [-0.2, 0) is 18.3 Å². The number of aryl methyl sites for hydroxylation is 1. The van der Waals surface area contributed by atoms with Crippen LogP contribution in [0.3, 0.4) is 0 Å². The molecule has 2 unspecified atom stereocenters. The number of benzene rings is 1. The van der Waals surface area contributed by atoms with Gasteiger partial charge in [0.05, 0.1) is 12.3 Å². The maximum Gasteiger partial charge on any atom is 0.165 e. The Bertz CT molecular complexity index is 701. The maximum absolute atomic E-state index is 5.92. The molecule has 1 aromatic carbocycles. The summed E-state index contributed by atoms with van der Waals surface area (Å²) in [5.74, 6) is 2.19.